The first-order chi connectivity index (χ1) is 19.1. The number of rotatable bonds is 8. The van der Waals surface area contributed by atoms with Gasteiger partial charge < -0.3 is 15.0 Å². The van der Waals surface area contributed by atoms with E-state index in [0.717, 1.165) is 21.6 Å². The molecule has 2 amide bonds. The Morgan fingerprint density at radius 1 is 0.846 bits per heavy atom. The van der Waals surface area contributed by atoms with E-state index >= 15 is 0 Å². The summed E-state index contributed by atoms with van der Waals surface area (Å²) in [4.78, 5) is 42.6. The number of carbonyl (C=O) groups is 3. The van der Waals surface area contributed by atoms with Crippen molar-refractivity contribution in [2.45, 2.75) is 35.2 Å². The van der Waals surface area contributed by atoms with Crippen molar-refractivity contribution in [2.75, 3.05) is 0 Å². The summed E-state index contributed by atoms with van der Waals surface area (Å²) in [6, 6.07) is 31.1. The van der Waals surface area contributed by atoms with Crippen molar-refractivity contribution in [1.29, 1.82) is 0 Å². The zero-order valence-electron chi connectivity index (χ0n) is 20.9. The van der Waals surface area contributed by atoms with Crippen molar-refractivity contribution >= 4 is 40.9 Å². The van der Waals surface area contributed by atoms with Gasteiger partial charge in [0.2, 0.25) is 11.8 Å². The second kappa shape index (κ2) is 11.1. The molecule has 2 aliphatic heterocycles. The van der Waals surface area contributed by atoms with Crippen LogP contribution in [0.15, 0.2) is 109 Å². The molecule has 4 aromatic rings. The average molecular weight is 555 g/mol. The molecular formula is C31H26N2O4S2. The average Bonchev–Trinajstić information content (AvgIpc) is 3.63. The van der Waals surface area contributed by atoms with Gasteiger partial charge in [0.15, 0.2) is 6.10 Å². The fraction of sp³-hybridized carbons (Fsp3) is 0.194. The fourth-order valence-electron chi connectivity index (χ4n) is 5.12. The van der Waals surface area contributed by atoms with Crippen molar-refractivity contribution in [3.8, 4) is 0 Å². The molecule has 8 heteroatoms. The van der Waals surface area contributed by atoms with Gasteiger partial charge in [-0.15, -0.1) is 23.1 Å². The molecule has 0 unspecified atom stereocenters. The van der Waals surface area contributed by atoms with Gasteiger partial charge in [-0.05, 0) is 28.1 Å². The number of thioether (sulfide) groups is 1. The van der Waals surface area contributed by atoms with Crippen LogP contribution in [0.5, 0.6) is 0 Å². The van der Waals surface area contributed by atoms with Gasteiger partial charge in [-0.2, -0.15) is 0 Å². The summed E-state index contributed by atoms with van der Waals surface area (Å²) in [5, 5.41) is 4.25. The van der Waals surface area contributed by atoms with Crippen LogP contribution in [0.2, 0.25) is 0 Å². The number of amides is 2. The molecule has 3 aromatic carbocycles. The summed E-state index contributed by atoms with van der Waals surface area (Å²) >= 11 is 3.08. The van der Waals surface area contributed by atoms with Crippen LogP contribution in [-0.4, -0.2) is 40.1 Å². The van der Waals surface area contributed by atoms with E-state index in [2.05, 4.69) is 5.32 Å². The number of nitrogens with zero attached hydrogens (tertiary/aromatic N) is 1. The Kier molecular flexibility index (Phi) is 7.22. The van der Waals surface area contributed by atoms with Crippen LogP contribution < -0.4 is 5.32 Å². The molecule has 0 bridgehead atoms. The highest BCUT2D eigenvalue weighted by atomic mass is 32.2. The molecule has 2 fully saturated rings. The molecule has 1 N–H and O–H groups in total. The second-order valence-corrected chi connectivity index (χ2v) is 11.7. The van der Waals surface area contributed by atoms with Crippen molar-refractivity contribution in [1.82, 2.24) is 10.2 Å². The highest BCUT2D eigenvalue weighted by molar-refractivity contribution is 8.00. The molecule has 0 radical (unpaired) electrons. The smallest absolute Gasteiger partial charge is 0.331 e. The molecule has 196 valence electrons. The summed E-state index contributed by atoms with van der Waals surface area (Å²) in [7, 11) is 0. The number of carbonyl (C=O) groups excluding carboxylic acids is 3. The second-order valence-electron chi connectivity index (χ2n) is 9.50. The predicted molar refractivity (Wildman–Crippen MR) is 152 cm³/mol. The standard InChI is InChI=1S/C31H26N2O4S2/c34-24(19-20-11-4-1-5-12-20)32-25-29(35)33-26(28(39-30(25)33)23-17-10-18-38-23)31(36)37-27(21-13-6-2-7-14-21)22-15-8-3-9-16-22/h1-18,25-28,30H,19H2,(H,32,34)/t25-,26-,28-,30-/m1/s1. The van der Waals surface area contributed by atoms with Crippen LogP contribution in [0.4, 0.5) is 0 Å². The lowest BCUT2D eigenvalue weighted by Gasteiger charge is -2.43. The van der Waals surface area contributed by atoms with E-state index < -0.39 is 24.2 Å². The highest BCUT2D eigenvalue weighted by Gasteiger charge is 2.62. The van der Waals surface area contributed by atoms with Crippen LogP contribution in [0, 0.1) is 0 Å². The topological polar surface area (TPSA) is 75.7 Å². The molecule has 0 spiro atoms. The molecule has 3 heterocycles. The maximum absolute atomic E-state index is 13.9. The van der Waals surface area contributed by atoms with Gasteiger partial charge >= 0.3 is 5.97 Å². The molecule has 2 saturated heterocycles. The van der Waals surface area contributed by atoms with E-state index in [9.17, 15) is 14.4 Å². The number of benzene rings is 3. The number of nitrogens with one attached hydrogen (secondary N) is 1. The Balaban J connectivity index is 1.24. The van der Waals surface area contributed by atoms with E-state index in [-0.39, 0.29) is 28.9 Å². The minimum atomic E-state index is -0.789. The third-order valence-electron chi connectivity index (χ3n) is 6.98. The Bertz CT molecular complexity index is 1410. The number of ether oxygens (including phenoxy) is 1. The summed E-state index contributed by atoms with van der Waals surface area (Å²) < 4.78 is 6.20. The monoisotopic (exact) mass is 554 g/mol. The zero-order valence-corrected chi connectivity index (χ0v) is 22.5. The Hall–Kier alpha value is -3.88. The largest absolute Gasteiger partial charge is 0.451 e. The number of hydrogen-bond donors (Lipinski definition) is 1. The highest BCUT2D eigenvalue weighted by Crippen LogP contribution is 2.53. The fourth-order valence-corrected chi connectivity index (χ4v) is 7.80. The molecule has 6 rings (SSSR count). The van der Waals surface area contributed by atoms with Crippen LogP contribution in [0.25, 0.3) is 0 Å². The van der Waals surface area contributed by atoms with E-state index in [1.54, 1.807) is 16.2 Å². The van der Waals surface area contributed by atoms with Gasteiger partial charge in [-0.25, -0.2) is 4.79 Å². The Morgan fingerprint density at radius 2 is 1.46 bits per heavy atom. The Morgan fingerprint density at radius 3 is 2.05 bits per heavy atom. The van der Waals surface area contributed by atoms with Crippen molar-refractivity contribution in [2.24, 2.45) is 0 Å². The summed E-state index contributed by atoms with van der Waals surface area (Å²) in [6.45, 7) is 0. The van der Waals surface area contributed by atoms with Gasteiger partial charge in [0.1, 0.15) is 17.5 Å². The Labute approximate surface area is 235 Å². The van der Waals surface area contributed by atoms with Gasteiger partial charge in [0.25, 0.3) is 0 Å². The lowest BCUT2D eigenvalue weighted by molar-refractivity contribution is -0.165. The molecule has 1 aromatic heterocycles. The van der Waals surface area contributed by atoms with E-state index in [0.29, 0.717) is 0 Å². The van der Waals surface area contributed by atoms with Crippen LogP contribution in [0.1, 0.15) is 32.9 Å². The third kappa shape index (κ3) is 5.10. The van der Waals surface area contributed by atoms with Gasteiger partial charge in [0.05, 0.1) is 11.7 Å². The number of hydrogen-bond acceptors (Lipinski definition) is 6. The first-order valence-corrected chi connectivity index (χ1v) is 14.6. The zero-order chi connectivity index (χ0) is 26.8. The quantitative estimate of drug-likeness (QED) is 0.241. The minimum absolute atomic E-state index is 0.192. The molecule has 39 heavy (non-hydrogen) atoms. The summed E-state index contributed by atoms with van der Waals surface area (Å²) in [6.07, 6.45) is -0.414. The SMILES string of the molecule is O=C(Cc1ccccc1)N[C@@H]1C(=O)N2[C@@H]1S[C@H](c1cccs1)[C@@H]2C(=O)OC(c1ccccc1)c1ccccc1. The predicted octanol–water partition coefficient (Wildman–Crippen LogP) is 5.13. The molecule has 0 aliphatic carbocycles. The maximum atomic E-state index is 13.9. The lowest BCUT2D eigenvalue weighted by Crippen LogP contribution is -2.70. The summed E-state index contributed by atoms with van der Waals surface area (Å²) in [5.74, 6) is -0.930. The third-order valence-corrected chi connectivity index (χ3v) is 9.67. The molecule has 4 atom stereocenters. The number of thiophene rings is 1. The van der Waals surface area contributed by atoms with Crippen LogP contribution in [-0.2, 0) is 25.5 Å². The first kappa shape index (κ1) is 25.4. The van der Waals surface area contributed by atoms with Gasteiger partial charge in [-0.1, -0.05) is 97.1 Å². The van der Waals surface area contributed by atoms with Crippen LogP contribution in [0.3, 0.4) is 0 Å². The molecular weight excluding hydrogens is 528 g/mol. The first-order valence-electron chi connectivity index (χ1n) is 12.7. The van der Waals surface area contributed by atoms with Gasteiger partial charge in [0, 0.05) is 4.88 Å². The minimum Gasteiger partial charge on any atom is -0.451 e. The van der Waals surface area contributed by atoms with Gasteiger partial charge in [-0.3, -0.25) is 9.59 Å². The van der Waals surface area contributed by atoms with E-state index in [4.69, 9.17) is 4.74 Å². The maximum Gasteiger partial charge on any atom is 0.331 e. The number of esters is 1. The molecule has 0 saturated carbocycles. The van der Waals surface area contributed by atoms with Crippen molar-refractivity contribution in [3.05, 3.63) is 130 Å². The molecule has 2 aliphatic rings. The van der Waals surface area contributed by atoms with Crippen molar-refractivity contribution < 1.29 is 19.1 Å². The lowest BCUT2D eigenvalue weighted by atomic mass is 9.99. The van der Waals surface area contributed by atoms with E-state index in [1.807, 2.05) is 109 Å². The van der Waals surface area contributed by atoms with E-state index in [1.165, 1.54) is 11.8 Å². The number of fused-ring (bicyclic) bond motifs is 1. The van der Waals surface area contributed by atoms with Crippen molar-refractivity contribution in [3.63, 3.8) is 0 Å². The molecule has 6 nitrogen and oxygen atoms in total. The van der Waals surface area contributed by atoms with Crippen LogP contribution >= 0.6 is 23.1 Å². The normalized spacial score (nSPS) is 21.8. The number of β-lactam (4-membered cyclic amide) rings is 1. The summed E-state index contributed by atoms with van der Waals surface area (Å²) in [5.41, 5.74) is 2.59.